The van der Waals surface area contributed by atoms with Crippen LogP contribution in [0.15, 0.2) is 42.7 Å². The van der Waals surface area contributed by atoms with Crippen LogP contribution in [-0.2, 0) is 17.8 Å². The highest BCUT2D eigenvalue weighted by atomic mass is 35.5. The molecule has 0 aliphatic carbocycles. The summed E-state index contributed by atoms with van der Waals surface area (Å²) in [5.74, 6) is -0.00562. The third-order valence-corrected chi connectivity index (χ3v) is 3.49. The maximum atomic E-state index is 11.8. The SMILES string of the molecule is O=C(C[n+]1cccc(O)c1)NCCc1ccc(Cl)cc1Cl. The normalized spacial score (nSPS) is 10.4. The summed E-state index contributed by atoms with van der Waals surface area (Å²) in [6.07, 6.45) is 3.84. The van der Waals surface area contributed by atoms with Gasteiger partial charge in [-0.05, 0) is 30.2 Å². The number of benzene rings is 1. The lowest BCUT2D eigenvalue weighted by molar-refractivity contribution is -0.684. The van der Waals surface area contributed by atoms with E-state index < -0.39 is 0 Å². The minimum Gasteiger partial charge on any atom is -0.503 e. The quantitative estimate of drug-likeness (QED) is 0.829. The lowest BCUT2D eigenvalue weighted by Gasteiger charge is -2.06. The van der Waals surface area contributed by atoms with Gasteiger partial charge >= 0.3 is 0 Å². The summed E-state index contributed by atoms with van der Waals surface area (Å²) in [7, 11) is 0. The number of pyridine rings is 1. The molecule has 0 radical (unpaired) electrons. The zero-order valence-corrected chi connectivity index (χ0v) is 12.7. The number of aromatic hydroxyl groups is 1. The molecule has 1 amide bonds. The summed E-state index contributed by atoms with van der Waals surface area (Å²) >= 11 is 11.9. The van der Waals surface area contributed by atoms with Crippen LogP contribution >= 0.6 is 23.2 Å². The Labute approximate surface area is 132 Å². The van der Waals surface area contributed by atoms with E-state index in [1.807, 2.05) is 6.07 Å². The second kappa shape index (κ2) is 7.29. The molecule has 0 unspecified atom stereocenters. The number of hydrogen-bond acceptors (Lipinski definition) is 2. The summed E-state index contributed by atoms with van der Waals surface area (Å²) in [5, 5.41) is 13.3. The van der Waals surface area contributed by atoms with Crippen molar-refractivity contribution in [2.45, 2.75) is 13.0 Å². The monoisotopic (exact) mass is 325 g/mol. The standard InChI is InChI=1S/C15H14Cl2N2O2/c16-12-4-3-11(14(17)8-12)5-6-18-15(21)10-19-7-1-2-13(20)9-19/h1-4,7-9H,5-6,10H2,(H-,18,20,21)/p+1. The molecule has 1 aromatic carbocycles. The fourth-order valence-corrected chi connectivity index (χ4v) is 2.39. The molecule has 1 heterocycles. The molecule has 0 saturated heterocycles. The first kappa shape index (κ1) is 15.6. The summed E-state index contributed by atoms with van der Waals surface area (Å²) < 4.78 is 1.61. The zero-order chi connectivity index (χ0) is 15.2. The summed E-state index contributed by atoms with van der Waals surface area (Å²) in [4.78, 5) is 11.8. The topological polar surface area (TPSA) is 53.2 Å². The van der Waals surface area contributed by atoms with Gasteiger partial charge in [-0.25, -0.2) is 0 Å². The highest BCUT2D eigenvalue weighted by Crippen LogP contribution is 2.20. The van der Waals surface area contributed by atoms with Crippen LogP contribution in [0.5, 0.6) is 5.75 Å². The number of aromatic nitrogens is 1. The Morgan fingerprint density at radius 3 is 2.81 bits per heavy atom. The fourth-order valence-electron chi connectivity index (χ4n) is 1.89. The molecule has 0 atom stereocenters. The Balaban J connectivity index is 1.81. The van der Waals surface area contributed by atoms with Crippen molar-refractivity contribution in [2.24, 2.45) is 0 Å². The van der Waals surface area contributed by atoms with Crippen molar-refractivity contribution >= 4 is 29.1 Å². The lowest BCUT2D eigenvalue weighted by Crippen LogP contribution is -2.42. The first-order valence-corrected chi connectivity index (χ1v) is 7.19. The molecule has 0 saturated carbocycles. The van der Waals surface area contributed by atoms with Crippen molar-refractivity contribution in [1.29, 1.82) is 0 Å². The van der Waals surface area contributed by atoms with Gasteiger partial charge in [0.2, 0.25) is 12.7 Å². The Bertz CT molecular complexity index is 647. The van der Waals surface area contributed by atoms with Gasteiger partial charge in [-0.15, -0.1) is 0 Å². The van der Waals surface area contributed by atoms with E-state index in [2.05, 4.69) is 5.32 Å². The molecule has 2 aromatic rings. The maximum Gasteiger partial charge on any atom is 0.286 e. The first-order chi connectivity index (χ1) is 10.0. The van der Waals surface area contributed by atoms with Crippen LogP contribution in [-0.4, -0.2) is 17.6 Å². The second-order valence-corrected chi connectivity index (χ2v) is 5.41. The van der Waals surface area contributed by atoms with Gasteiger partial charge in [0.25, 0.3) is 5.91 Å². The van der Waals surface area contributed by atoms with Crippen LogP contribution in [0.4, 0.5) is 0 Å². The highest BCUT2D eigenvalue weighted by molar-refractivity contribution is 6.35. The molecular formula is C15H15Cl2N2O2+. The number of hydrogen-bond donors (Lipinski definition) is 2. The Morgan fingerprint density at radius 1 is 1.29 bits per heavy atom. The molecular weight excluding hydrogens is 311 g/mol. The van der Waals surface area contributed by atoms with E-state index in [0.29, 0.717) is 23.0 Å². The summed E-state index contributed by atoms with van der Waals surface area (Å²) in [6, 6.07) is 8.53. The summed E-state index contributed by atoms with van der Waals surface area (Å²) in [5.41, 5.74) is 0.936. The van der Waals surface area contributed by atoms with Gasteiger partial charge in [-0.1, -0.05) is 29.3 Å². The zero-order valence-electron chi connectivity index (χ0n) is 11.2. The Kier molecular flexibility index (Phi) is 5.42. The minimum atomic E-state index is -0.129. The number of nitrogens with one attached hydrogen (secondary N) is 1. The number of nitrogens with zero attached hydrogens (tertiary/aromatic N) is 1. The number of carbonyl (C=O) groups excluding carboxylic acids is 1. The number of amides is 1. The Hall–Kier alpha value is -1.78. The average Bonchev–Trinajstić information content (AvgIpc) is 2.41. The predicted molar refractivity (Wildman–Crippen MR) is 81.5 cm³/mol. The van der Waals surface area contributed by atoms with E-state index in [4.69, 9.17) is 23.2 Å². The average molecular weight is 326 g/mol. The van der Waals surface area contributed by atoms with Crippen LogP contribution in [0.1, 0.15) is 5.56 Å². The van der Waals surface area contributed by atoms with E-state index in [9.17, 15) is 9.90 Å². The van der Waals surface area contributed by atoms with Gasteiger partial charge in [0.15, 0.2) is 11.9 Å². The molecule has 110 valence electrons. The third-order valence-electron chi connectivity index (χ3n) is 2.90. The van der Waals surface area contributed by atoms with Gasteiger partial charge in [0.1, 0.15) is 0 Å². The van der Waals surface area contributed by atoms with E-state index >= 15 is 0 Å². The minimum absolute atomic E-state index is 0.123. The molecule has 0 spiro atoms. The molecule has 1 aromatic heterocycles. The van der Waals surface area contributed by atoms with E-state index in [-0.39, 0.29) is 18.2 Å². The predicted octanol–water partition coefficient (Wildman–Crippen LogP) is 2.35. The van der Waals surface area contributed by atoms with Gasteiger partial charge in [0.05, 0.1) is 0 Å². The molecule has 4 nitrogen and oxygen atoms in total. The molecule has 0 aliphatic heterocycles. The van der Waals surface area contributed by atoms with Crippen LogP contribution in [0.3, 0.4) is 0 Å². The second-order valence-electron chi connectivity index (χ2n) is 4.57. The van der Waals surface area contributed by atoms with Crippen LogP contribution in [0.25, 0.3) is 0 Å². The van der Waals surface area contributed by atoms with E-state index in [1.165, 1.54) is 6.20 Å². The van der Waals surface area contributed by atoms with Crippen molar-refractivity contribution < 1.29 is 14.5 Å². The van der Waals surface area contributed by atoms with E-state index in [1.54, 1.807) is 35.0 Å². The number of halogens is 2. The molecule has 0 bridgehead atoms. The molecule has 0 aliphatic rings. The summed E-state index contributed by atoms with van der Waals surface area (Å²) in [6.45, 7) is 0.641. The van der Waals surface area contributed by atoms with Crippen molar-refractivity contribution in [1.82, 2.24) is 5.32 Å². The highest BCUT2D eigenvalue weighted by Gasteiger charge is 2.09. The molecule has 6 heteroatoms. The fraction of sp³-hybridized carbons (Fsp3) is 0.200. The molecule has 21 heavy (non-hydrogen) atoms. The van der Waals surface area contributed by atoms with Crippen molar-refractivity contribution in [3.05, 3.63) is 58.3 Å². The van der Waals surface area contributed by atoms with Gasteiger partial charge in [0, 0.05) is 22.7 Å². The molecule has 0 fully saturated rings. The van der Waals surface area contributed by atoms with Crippen molar-refractivity contribution in [3.8, 4) is 5.75 Å². The first-order valence-electron chi connectivity index (χ1n) is 6.43. The Morgan fingerprint density at radius 2 is 2.10 bits per heavy atom. The van der Waals surface area contributed by atoms with Crippen LogP contribution < -0.4 is 9.88 Å². The van der Waals surface area contributed by atoms with Gasteiger partial charge in [-0.2, -0.15) is 4.57 Å². The maximum absolute atomic E-state index is 11.8. The lowest BCUT2D eigenvalue weighted by atomic mass is 10.1. The van der Waals surface area contributed by atoms with E-state index in [0.717, 1.165) is 5.56 Å². The third kappa shape index (κ3) is 4.92. The molecule has 2 N–H and O–H groups in total. The van der Waals surface area contributed by atoms with Crippen LogP contribution in [0, 0.1) is 0 Å². The number of rotatable bonds is 5. The smallest absolute Gasteiger partial charge is 0.286 e. The van der Waals surface area contributed by atoms with Crippen molar-refractivity contribution in [2.75, 3.05) is 6.54 Å². The van der Waals surface area contributed by atoms with Crippen LogP contribution in [0.2, 0.25) is 10.0 Å². The van der Waals surface area contributed by atoms with Gasteiger partial charge < -0.3 is 10.4 Å². The molecule has 2 rings (SSSR count). The van der Waals surface area contributed by atoms with Gasteiger partial charge in [-0.3, -0.25) is 4.79 Å². The largest absolute Gasteiger partial charge is 0.503 e. The van der Waals surface area contributed by atoms with Crippen molar-refractivity contribution in [3.63, 3.8) is 0 Å². The number of carbonyl (C=O) groups is 1.